The summed E-state index contributed by atoms with van der Waals surface area (Å²) in [6, 6.07) is 28.4. The summed E-state index contributed by atoms with van der Waals surface area (Å²) in [6.45, 7) is 19.3. The average molecular weight is 465 g/mol. The molecule has 1 aliphatic rings. The Kier molecular flexibility index (Phi) is 17.1. The molecule has 0 nitrogen and oxygen atoms in total. The Labute approximate surface area is 206 Å². The van der Waals surface area contributed by atoms with Crippen LogP contribution in [0.1, 0.15) is 72.1 Å². The van der Waals surface area contributed by atoms with Gasteiger partial charge in [0.1, 0.15) is 0 Å². The second-order valence-corrected chi connectivity index (χ2v) is 5.58. The third-order valence-electron chi connectivity index (χ3n) is 4.57. The summed E-state index contributed by atoms with van der Waals surface area (Å²) in [5.74, 6) is 0. The third-order valence-corrected chi connectivity index (χ3v) is 4.57. The Morgan fingerprint density at radius 2 is 0.828 bits per heavy atom. The van der Waals surface area contributed by atoms with Crippen LogP contribution in [0.25, 0.3) is 11.1 Å². The van der Waals surface area contributed by atoms with E-state index in [-0.39, 0.29) is 38.1 Å². The Bertz CT molecular complexity index is 730. The van der Waals surface area contributed by atoms with Crippen LogP contribution in [0.15, 0.2) is 78.9 Å². The van der Waals surface area contributed by atoms with E-state index in [1.165, 1.54) is 27.8 Å². The molecule has 1 radical (unpaired) electrons. The van der Waals surface area contributed by atoms with Crippen molar-refractivity contribution in [2.45, 2.75) is 60.8 Å². The molecule has 3 aromatic carbocycles. The topological polar surface area (TPSA) is 0 Å². The number of fused-ring (bicyclic) bond motifs is 3. The predicted molar refractivity (Wildman–Crippen MR) is 129 cm³/mol. The normalized spacial score (nSPS) is 10.9. The molecule has 0 N–H and O–H groups in total. The van der Waals surface area contributed by atoms with Crippen molar-refractivity contribution in [3.05, 3.63) is 102 Å². The van der Waals surface area contributed by atoms with E-state index in [1.54, 1.807) is 6.92 Å². The fourth-order valence-electron chi connectivity index (χ4n) is 3.54. The summed E-state index contributed by atoms with van der Waals surface area (Å²) >= 11 is 0. The van der Waals surface area contributed by atoms with Gasteiger partial charge in [0.2, 0.25) is 0 Å². The minimum absolute atomic E-state index is 0. The molecular formula is C28H39Y-. The summed E-state index contributed by atoms with van der Waals surface area (Å²) in [4.78, 5) is 0. The van der Waals surface area contributed by atoms with E-state index < -0.39 is 0 Å². The summed E-state index contributed by atoms with van der Waals surface area (Å²) in [5, 5.41) is 0. The number of hydrogen-bond donors (Lipinski definition) is 0. The van der Waals surface area contributed by atoms with Gasteiger partial charge in [-0.15, -0.1) is 0 Å². The molecule has 29 heavy (non-hydrogen) atoms. The van der Waals surface area contributed by atoms with Gasteiger partial charge in [0.25, 0.3) is 0 Å². The van der Waals surface area contributed by atoms with Gasteiger partial charge in [-0.25, -0.2) is 0 Å². The number of benzene rings is 3. The molecule has 0 saturated heterocycles. The summed E-state index contributed by atoms with van der Waals surface area (Å²) in [6.07, 6.45) is 0. The third kappa shape index (κ3) is 6.37. The first-order valence-electron chi connectivity index (χ1n) is 10.8. The fourth-order valence-corrected chi connectivity index (χ4v) is 3.54. The quantitative estimate of drug-likeness (QED) is 0.315. The van der Waals surface area contributed by atoms with Crippen molar-refractivity contribution in [2.24, 2.45) is 0 Å². The summed E-state index contributed by atoms with van der Waals surface area (Å²) in [7, 11) is 0. The Morgan fingerprint density at radius 3 is 1.21 bits per heavy atom. The van der Waals surface area contributed by atoms with Gasteiger partial charge in [-0.1, -0.05) is 120 Å². The molecule has 0 bridgehead atoms. The Morgan fingerprint density at radius 1 is 0.517 bits per heavy atom. The van der Waals surface area contributed by atoms with Crippen LogP contribution in [-0.4, -0.2) is 0 Å². The molecule has 1 heteroatoms. The van der Waals surface area contributed by atoms with Crippen LogP contribution in [0.4, 0.5) is 0 Å². The van der Waals surface area contributed by atoms with Gasteiger partial charge in [-0.05, 0) is 34.7 Å². The van der Waals surface area contributed by atoms with Crippen LogP contribution < -0.4 is 0 Å². The fraction of sp³-hybridized carbons (Fsp3) is 0.321. The van der Waals surface area contributed by atoms with E-state index in [2.05, 4.69) is 92.7 Å². The Hall–Kier alpha value is -1.24. The van der Waals surface area contributed by atoms with Crippen molar-refractivity contribution in [3.8, 4) is 11.1 Å². The smallest absolute Gasteiger partial charge is 0.0435 e. The zero-order chi connectivity index (χ0) is 21.6. The van der Waals surface area contributed by atoms with Crippen molar-refractivity contribution in [3.63, 3.8) is 0 Å². The molecule has 0 heterocycles. The van der Waals surface area contributed by atoms with Crippen molar-refractivity contribution in [1.29, 1.82) is 0 Å². The van der Waals surface area contributed by atoms with E-state index in [9.17, 15) is 0 Å². The molecule has 0 atom stereocenters. The maximum absolute atomic E-state index is 3.25. The molecule has 0 fully saturated rings. The SMILES string of the molecule is CC.CC.CC.CC1(c2ccccc2)c2ccccc2-c2ccccc21.[CH2-]C.[Y]. The van der Waals surface area contributed by atoms with E-state index in [1.807, 2.05) is 41.5 Å². The van der Waals surface area contributed by atoms with E-state index >= 15 is 0 Å². The first-order chi connectivity index (χ1) is 13.8. The molecule has 0 amide bonds. The van der Waals surface area contributed by atoms with Crippen LogP contribution in [0.5, 0.6) is 0 Å². The minimum Gasteiger partial charge on any atom is -0.346 e. The van der Waals surface area contributed by atoms with E-state index in [0.717, 1.165) is 0 Å². The molecule has 0 spiro atoms. The van der Waals surface area contributed by atoms with Crippen LogP contribution in [-0.2, 0) is 38.1 Å². The van der Waals surface area contributed by atoms with Gasteiger partial charge in [0, 0.05) is 38.1 Å². The van der Waals surface area contributed by atoms with Crippen molar-refractivity contribution in [2.75, 3.05) is 0 Å². The monoisotopic (exact) mass is 464 g/mol. The van der Waals surface area contributed by atoms with Crippen molar-refractivity contribution >= 4 is 0 Å². The predicted octanol–water partition coefficient (Wildman–Crippen LogP) is 8.94. The molecular weight excluding hydrogens is 425 g/mol. The maximum Gasteiger partial charge on any atom is 0.0435 e. The molecule has 155 valence electrons. The van der Waals surface area contributed by atoms with Gasteiger partial charge in [-0.3, -0.25) is 0 Å². The van der Waals surface area contributed by atoms with Crippen LogP contribution >= 0.6 is 0 Å². The zero-order valence-electron chi connectivity index (χ0n) is 19.8. The van der Waals surface area contributed by atoms with Crippen molar-refractivity contribution in [1.82, 2.24) is 0 Å². The molecule has 4 rings (SSSR count). The maximum atomic E-state index is 3.25. The van der Waals surface area contributed by atoms with Gasteiger partial charge in [0.05, 0.1) is 0 Å². The molecule has 3 aromatic rings. The minimum atomic E-state index is -0.0472. The molecule has 1 aliphatic carbocycles. The average Bonchev–Trinajstić information content (AvgIpc) is 3.10. The Balaban J connectivity index is 0. The number of rotatable bonds is 1. The second-order valence-electron chi connectivity index (χ2n) is 5.58. The molecule has 0 saturated carbocycles. The van der Waals surface area contributed by atoms with Crippen LogP contribution in [0.2, 0.25) is 0 Å². The molecule has 0 aliphatic heterocycles. The van der Waals surface area contributed by atoms with Crippen molar-refractivity contribution < 1.29 is 32.7 Å². The summed E-state index contributed by atoms with van der Waals surface area (Å²) in [5.41, 5.74) is 6.87. The van der Waals surface area contributed by atoms with Crippen LogP contribution in [0.3, 0.4) is 0 Å². The van der Waals surface area contributed by atoms with Gasteiger partial charge < -0.3 is 6.92 Å². The van der Waals surface area contributed by atoms with Gasteiger partial charge in [0.15, 0.2) is 0 Å². The largest absolute Gasteiger partial charge is 0.346 e. The van der Waals surface area contributed by atoms with Gasteiger partial charge >= 0.3 is 0 Å². The van der Waals surface area contributed by atoms with Crippen LogP contribution in [0, 0.1) is 6.92 Å². The number of hydrogen-bond acceptors (Lipinski definition) is 0. The second kappa shape index (κ2) is 16.5. The van der Waals surface area contributed by atoms with E-state index in [4.69, 9.17) is 0 Å². The molecule has 0 unspecified atom stereocenters. The first kappa shape index (κ1) is 30.0. The first-order valence-corrected chi connectivity index (χ1v) is 10.8. The standard InChI is InChI=1S/C20H16.3C2H6.C2H5.Y/c1-20(15-9-3-2-4-10-15)18-13-7-5-11-16(18)17-12-6-8-14-19(17)20;4*1-2;/h2-14H,1H3;3*1-2H3;1H2,2H3;/q;;;;-1;. The zero-order valence-corrected chi connectivity index (χ0v) is 22.6. The van der Waals surface area contributed by atoms with Gasteiger partial charge in [-0.2, -0.15) is 6.92 Å². The molecule has 0 aromatic heterocycles. The summed E-state index contributed by atoms with van der Waals surface area (Å²) < 4.78 is 0. The van der Waals surface area contributed by atoms with E-state index in [0.29, 0.717) is 0 Å².